The van der Waals surface area contributed by atoms with Gasteiger partial charge in [-0.15, -0.1) is 0 Å². The Hall–Kier alpha value is -3.48. The van der Waals surface area contributed by atoms with Gasteiger partial charge in [-0.1, -0.05) is 5.16 Å². The Morgan fingerprint density at radius 1 is 1.26 bits per heavy atom. The quantitative estimate of drug-likeness (QED) is 0.427. The zero-order chi connectivity index (χ0) is 25.3. The average Bonchev–Trinajstić information content (AvgIpc) is 3.43. The molecule has 2 N–H and O–H groups in total. The second-order valence-corrected chi connectivity index (χ2v) is 8.68. The Labute approximate surface area is 198 Å². The molecule has 4 rings (SSSR count). The lowest BCUT2D eigenvalue weighted by molar-refractivity contribution is -0.154. The fourth-order valence-corrected chi connectivity index (χ4v) is 4.38. The van der Waals surface area contributed by atoms with Gasteiger partial charge in [0, 0.05) is 32.6 Å². The summed E-state index contributed by atoms with van der Waals surface area (Å²) in [5.74, 6) is -3.77. The number of hydrogen-bond acceptors (Lipinski definition) is 8. The van der Waals surface area contributed by atoms with E-state index in [4.69, 9.17) is 15.0 Å². The molecule has 0 radical (unpaired) electrons. The van der Waals surface area contributed by atoms with Crippen molar-refractivity contribution in [2.24, 2.45) is 5.73 Å². The lowest BCUT2D eigenvalue weighted by Crippen LogP contribution is -2.50. The average molecular weight is 495 g/mol. The standard InChI is InChI=1S/C22H24F3N5O5/c1-11(32)29-8-13(9-29)20-27-21(35-28-20)18-3-2-4-30(18)22(33)19(34-10-31)17(26)6-12-5-15(24)16(25)7-14(12)23/h5,7,10,13,17-19H,2-4,6,8-9,26H2,1H3/t17-,18+,19?/m1/s1. The van der Waals surface area contributed by atoms with E-state index in [1.165, 1.54) is 11.8 Å². The Morgan fingerprint density at radius 3 is 2.66 bits per heavy atom. The summed E-state index contributed by atoms with van der Waals surface area (Å²) >= 11 is 0. The van der Waals surface area contributed by atoms with Crippen molar-refractivity contribution in [3.05, 3.63) is 46.9 Å². The summed E-state index contributed by atoms with van der Waals surface area (Å²) in [7, 11) is 0. The van der Waals surface area contributed by atoms with Crippen molar-refractivity contribution in [2.75, 3.05) is 19.6 Å². The molecule has 2 aliphatic rings. The van der Waals surface area contributed by atoms with Gasteiger partial charge < -0.3 is 24.8 Å². The molecule has 2 fully saturated rings. The highest BCUT2D eigenvalue weighted by Gasteiger charge is 2.41. The minimum Gasteiger partial charge on any atom is -0.453 e. The van der Waals surface area contributed by atoms with E-state index in [-0.39, 0.29) is 36.2 Å². The highest BCUT2D eigenvalue weighted by atomic mass is 19.2. The van der Waals surface area contributed by atoms with Gasteiger partial charge in [0.1, 0.15) is 11.9 Å². The van der Waals surface area contributed by atoms with Gasteiger partial charge in [0.2, 0.25) is 11.8 Å². The molecule has 2 amide bonds. The summed E-state index contributed by atoms with van der Waals surface area (Å²) in [5, 5.41) is 3.99. The molecule has 2 aliphatic heterocycles. The minimum atomic E-state index is -1.50. The first-order valence-corrected chi connectivity index (χ1v) is 11.1. The maximum atomic E-state index is 14.1. The fraction of sp³-hybridized carbons (Fsp3) is 0.500. The van der Waals surface area contributed by atoms with Crippen LogP contribution in [0.2, 0.25) is 0 Å². The third-order valence-corrected chi connectivity index (χ3v) is 6.35. The number of benzene rings is 1. The first kappa shape index (κ1) is 24.6. The topological polar surface area (TPSA) is 132 Å². The van der Waals surface area contributed by atoms with E-state index in [1.54, 1.807) is 4.90 Å². The monoisotopic (exact) mass is 495 g/mol. The number of hydrogen-bond donors (Lipinski definition) is 1. The largest absolute Gasteiger partial charge is 0.453 e. The second-order valence-electron chi connectivity index (χ2n) is 8.68. The SMILES string of the molecule is CC(=O)N1CC(c2noc([C@@H]3CCCN3C(=O)C(OC=O)[C@H](N)Cc3cc(F)c(F)cc3F)n2)C1. The van der Waals surface area contributed by atoms with Gasteiger partial charge in [0.25, 0.3) is 12.4 Å². The highest BCUT2D eigenvalue weighted by Crippen LogP contribution is 2.34. The Morgan fingerprint density at radius 2 is 1.97 bits per heavy atom. The van der Waals surface area contributed by atoms with E-state index in [9.17, 15) is 27.6 Å². The molecule has 3 atom stereocenters. The number of rotatable bonds is 8. The molecule has 1 unspecified atom stereocenters. The van der Waals surface area contributed by atoms with E-state index in [2.05, 4.69) is 10.1 Å². The lowest BCUT2D eigenvalue weighted by Gasteiger charge is -2.36. The van der Waals surface area contributed by atoms with E-state index >= 15 is 0 Å². The van der Waals surface area contributed by atoms with Crippen LogP contribution in [0.15, 0.2) is 16.7 Å². The van der Waals surface area contributed by atoms with Crippen molar-refractivity contribution in [2.45, 2.75) is 50.3 Å². The van der Waals surface area contributed by atoms with Crippen molar-refractivity contribution in [3.63, 3.8) is 0 Å². The number of amides is 2. The first-order valence-electron chi connectivity index (χ1n) is 11.1. The maximum absolute atomic E-state index is 14.1. The molecule has 188 valence electrons. The third kappa shape index (κ3) is 4.99. The highest BCUT2D eigenvalue weighted by molar-refractivity contribution is 5.83. The number of likely N-dealkylation sites (tertiary alicyclic amines) is 2. The molecule has 0 spiro atoms. The Bertz CT molecular complexity index is 1120. The number of nitrogens with zero attached hydrogens (tertiary/aromatic N) is 4. The normalized spacial score (nSPS) is 19.9. The summed E-state index contributed by atoms with van der Waals surface area (Å²) < 4.78 is 51.2. The molecule has 2 saturated heterocycles. The molecule has 1 aromatic heterocycles. The zero-order valence-corrected chi connectivity index (χ0v) is 18.8. The predicted molar refractivity (Wildman–Crippen MR) is 112 cm³/mol. The molecule has 1 aromatic carbocycles. The first-order chi connectivity index (χ1) is 16.7. The molecule has 0 aliphatic carbocycles. The summed E-state index contributed by atoms with van der Waals surface area (Å²) in [6, 6.07) is -0.785. The number of carbonyl (C=O) groups is 3. The van der Waals surface area contributed by atoms with Crippen LogP contribution in [0.25, 0.3) is 0 Å². The molecule has 2 aromatic rings. The number of halogens is 3. The maximum Gasteiger partial charge on any atom is 0.293 e. The van der Waals surface area contributed by atoms with Crippen LogP contribution < -0.4 is 5.73 Å². The van der Waals surface area contributed by atoms with Gasteiger partial charge in [-0.3, -0.25) is 14.4 Å². The van der Waals surface area contributed by atoms with Crippen LogP contribution in [0.3, 0.4) is 0 Å². The van der Waals surface area contributed by atoms with Crippen molar-refractivity contribution < 1.29 is 36.8 Å². The second kappa shape index (κ2) is 10.0. The van der Waals surface area contributed by atoms with Crippen LogP contribution in [0, 0.1) is 17.5 Å². The molecular weight excluding hydrogens is 471 g/mol. The van der Waals surface area contributed by atoms with Gasteiger partial charge in [0.05, 0.1) is 12.0 Å². The zero-order valence-electron chi connectivity index (χ0n) is 18.8. The number of carbonyl (C=O) groups excluding carboxylic acids is 3. The van der Waals surface area contributed by atoms with Crippen LogP contribution in [0.1, 0.15) is 49.0 Å². The van der Waals surface area contributed by atoms with Crippen LogP contribution in [0.4, 0.5) is 13.2 Å². The molecule has 0 saturated carbocycles. The Kier molecular flexibility index (Phi) is 7.05. The molecule has 13 heteroatoms. The number of ether oxygens (including phenoxy) is 1. The minimum absolute atomic E-state index is 0.0432. The number of aromatic nitrogens is 2. The smallest absolute Gasteiger partial charge is 0.293 e. The van der Waals surface area contributed by atoms with Crippen molar-refractivity contribution >= 4 is 18.3 Å². The van der Waals surface area contributed by atoms with Crippen molar-refractivity contribution in [1.82, 2.24) is 19.9 Å². The van der Waals surface area contributed by atoms with E-state index < -0.39 is 41.5 Å². The fourth-order valence-electron chi connectivity index (χ4n) is 4.38. The van der Waals surface area contributed by atoms with Crippen molar-refractivity contribution in [3.8, 4) is 0 Å². The van der Waals surface area contributed by atoms with E-state index in [0.29, 0.717) is 50.4 Å². The van der Waals surface area contributed by atoms with Crippen LogP contribution in [-0.4, -0.2) is 70.0 Å². The van der Waals surface area contributed by atoms with Crippen LogP contribution in [-0.2, 0) is 25.5 Å². The molecule has 35 heavy (non-hydrogen) atoms. The van der Waals surface area contributed by atoms with Gasteiger partial charge in [-0.25, -0.2) is 13.2 Å². The van der Waals surface area contributed by atoms with Crippen molar-refractivity contribution in [1.29, 1.82) is 0 Å². The molecule has 3 heterocycles. The van der Waals surface area contributed by atoms with Gasteiger partial charge >= 0.3 is 0 Å². The third-order valence-electron chi connectivity index (χ3n) is 6.35. The van der Waals surface area contributed by atoms with E-state index in [0.717, 1.165) is 0 Å². The molecular formula is C22H24F3N5O5. The van der Waals surface area contributed by atoms with Gasteiger partial charge in [-0.05, 0) is 30.9 Å². The summed E-state index contributed by atoms with van der Waals surface area (Å²) in [5.41, 5.74) is 5.79. The van der Waals surface area contributed by atoms with Gasteiger partial charge in [-0.2, -0.15) is 4.98 Å². The van der Waals surface area contributed by atoms with E-state index in [1.807, 2.05) is 0 Å². The number of nitrogens with two attached hydrogens (primary N) is 1. The Balaban J connectivity index is 1.47. The summed E-state index contributed by atoms with van der Waals surface area (Å²) in [6.45, 7) is 2.78. The van der Waals surface area contributed by atoms with Crippen LogP contribution >= 0.6 is 0 Å². The molecule has 10 nitrogen and oxygen atoms in total. The predicted octanol–water partition coefficient (Wildman–Crippen LogP) is 1.21. The van der Waals surface area contributed by atoms with Gasteiger partial charge in [0.15, 0.2) is 23.6 Å². The summed E-state index contributed by atoms with van der Waals surface area (Å²) in [4.78, 5) is 43.2. The lowest BCUT2D eigenvalue weighted by atomic mass is 9.99. The van der Waals surface area contributed by atoms with Crippen LogP contribution in [0.5, 0.6) is 0 Å². The summed E-state index contributed by atoms with van der Waals surface area (Å²) in [6.07, 6.45) is -0.765. The molecule has 0 bridgehead atoms.